The first-order valence-corrected chi connectivity index (χ1v) is 10.5. The molecule has 0 aliphatic heterocycles. The Morgan fingerprint density at radius 1 is 1.06 bits per heavy atom. The number of aryl methyl sites for hydroxylation is 1. The van der Waals surface area contributed by atoms with E-state index in [0.29, 0.717) is 21.8 Å². The maximum atomic E-state index is 13.6. The fourth-order valence-corrected chi connectivity index (χ4v) is 4.47. The molecule has 2 aromatic carbocycles. The van der Waals surface area contributed by atoms with Crippen molar-refractivity contribution in [2.75, 3.05) is 4.90 Å². The summed E-state index contributed by atoms with van der Waals surface area (Å²) in [5.74, 6) is -0.470. The fourth-order valence-electron chi connectivity index (χ4n) is 3.43. The molecule has 0 unspecified atom stereocenters. The van der Waals surface area contributed by atoms with Gasteiger partial charge >= 0.3 is 5.63 Å². The standard InChI is InChI=1S/C24H17N3O3S/c1-15-7-6-11-20-21(15)26-24(31-20)27(14-17-9-4-5-12-25-17)22(28)18-13-16-8-2-3-10-19(16)30-23(18)29/h2-13H,14H2,1H3. The van der Waals surface area contributed by atoms with Crippen molar-refractivity contribution in [2.45, 2.75) is 13.5 Å². The topological polar surface area (TPSA) is 76.3 Å². The Kier molecular flexibility index (Phi) is 4.80. The van der Waals surface area contributed by atoms with Gasteiger partial charge in [-0.05, 0) is 42.8 Å². The van der Waals surface area contributed by atoms with E-state index in [1.165, 1.54) is 16.2 Å². The Labute approximate surface area is 181 Å². The van der Waals surface area contributed by atoms with Gasteiger partial charge in [-0.25, -0.2) is 9.78 Å². The normalized spacial score (nSPS) is 11.1. The molecule has 1 amide bonds. The summed E-state index contributed by atoms with van der Waals surface area (Å²) in [4.78, 5) is 36.8. The molecular weight excluding hydrogens is 410 g/mol. The minimum atomic E-state index is -0.674. The van der Waals surface area contributed by atoms with Crippen molar-refractivity contribution in [1.82, 2.24) is 9.97 Å². The summed E-state index contributed by atoms with van der Waals surface area (Å²) in [7, 11) is 0. The molecule has 0 aliphatic carbocycles. The van der Waals surface area contributed by atoms with Crippen molar-refractivity contribution in [2.24, 2.45) is 0 Å². The van der Waals surface area contributed by atoms with Gasteiger partial charge in [0.1, 0.15) is 11.1 Å². The van der Waals surface area contributed by atoms with Gasteiger partial charge in [0.05, 0.1) is 22.5 Å². The van der Waals surface area contributed by atoms with Crippen molar-refractivity contribution in [3.8, 4) is 0 Å². The van der Waals surface area contributed by atoms with Crippen LogP contribution < -0.4 is 10.5 Å². The highest BCUT2D eigenvalue weighted by Crippen LogP contribution is 2.32. The summed E-state index contributed by atoms with van der Waals surface area (Å²) in [6, 6.07) is 20.1. The zero-order valence-corrected chi connectivity index (χ0v) is 17.4. The van der Waals surface area contributed by atoms with Gasteiger partial charge in [0.25, 0.3) is 5.91 Å². The Morgan fingerprint density at radius 3 is 2.71 bits per heavy atom. The summed E-state index contributed by atoms with van der Waals surface area (Å²) in [5, 5.41) is 1.19. The smallest absolute Gasteiger partial charge is 0.349 e. The number of hydrogen-bond donors (Lipinski definition) is 0. The Morgan fingerprint density at radius 2 is 1.90 bits per heavy atom. The highest BCUT2D eigenvalue weighted by Gasteiger charge is 2.25. The molecule has 152 valence electrons. The van der Waals surface area contributed by atoms with E-state index in [2.05, 4.69) is 4.98 Å². The number of para-hydroxylation sites is 2. The van der Waals surface area contributed by atoms with Crippen molar-refractivity contribution < 1.29 is 9.21 Å². The van der Waals surface area contributed by atoms with E-state index in [4.69, 9.17) is 9.40 Å². The van der Waals surface area contributed by atoms with Gasteiger partial charge < -0.3 is 4.42 Å². The molecule has 7 heteroatoms. The molecule has 5 aromatic rings. The molecule has 0 saturated carbocycles. The molecular formula is C24H17N3O3S. The maximum Gasteiger partial charge on any atom is 0.349 e. The number of anilines is 1. The third kappa shape index (κ3) is 3.60. The highest BCUT2D eigenvalue weighted by molar-refractivity contribution is 7.22. The quantitative estimate of drug-likeness (QED) is 0.379. The second kappa shape index (κ2) is 7.77. The summed E-state index contributed by atoms with van der Waals surface area (Å²) < 4.78 is 6.36. The number of carbonyl (C=O) groups is 1. The van der Waals surface area contributed by atoms with Crippen LogP contribution in [0.15, 0.2) is 82.1 Å². The summed E-state index contributed by atoms with van der Waals surface area (Å²) in [5.41, 5.74) is 2.29. The second-order valence-electron chi connectivity index (χ2n) is 7.12. The average Bonchev–Trinajstić information content (AvgIpc) is 3.23. The molecule has 0 saturated heterocycles. The number of nitrogens with zero attached hydrogens (tertiary/aromatic N) is 3. The van der Waals surface area contributed by atoms with Gasteiger partial charge in [0.2, 0.25) is 0 Å². The molecule has 0 fully saturated rings. The number of carbonyl (C=O) groups excluding carboxylic acids is 1. The third-order valence-corrected chi connectivity index (χ3v) is 6.05. The van der Waals surface area contributed by atoms with Crippen LogP contribution in [0, 0.1) is 6.92 Å². The fraction of sp³-hybridized carbons (Fsp3) is 0.0833. The molecule has 0 radical (unpaired) electrons. The van der Waals surface area contributed by atoms with Crippen LogP contribution in [0.25, 0.3) is 21.2 Å². The van der Waals surface area contributed by atoms with Crippen LogP contribution in [0.5, 0.6) is 0 Å². The first-order chi connectivity index (χ1) is 15.1. The molecule has 5 rings (SSSR count). The van der Waals surface area contributed by atoms with Crippen LogP contribution >= 0.6 is 11.3 Å². The van der Waals surface area contributed by atoms with Gasteiger partial charge in [0.15, 0.2) is 5.13 Å². The molecule has 31 heavy (non-hydrogen) atoms. The first kappa shape index (κ1) is 19.1. The third-order valence-electron chi connectivity index (χ3n) is 5.00. The maximum absolute atomic E-state index is 13.6. The van der Waals surface area contributed by atoms with Crippen molar-refractivity contribution >= 4 is 43.6 Å². The zero-order chi connectivity index (χ0) is 21.4. The lowest BCUT2D eigenvalue weighted by atomic mass is 10.1. The van der Waals surface area contributed by atoms with Crippen LogP contribution in [0.3, 0.4) is 0 Å². The Bertz CT molecular complexity index is 1470. The second-order valence-corrected chi connectivity index (χ2v) is 8.12. The molecule has 0 aliphatic rings. The largest absolute Gasteiger partial charge is 0.422 e. The number of fused-ring (bicyclic) bond motifs is 2. The summed E-state index contributed by atoms with van der Waals surface area (Å²) in [6.07, 6.45) is 1.67. The summed E-state index contributed by atoms with van der Waals surface area (Å²) in [6.45, 7) is 2.17. The van der Waals surface area contributed by atoms with Crippen molar-refractivity contribution in [1.29, 1.82) is 0 Å². The molecule has 6 nitrogen and oxygen atoms in total. The number of rotatable bonds is 4. The monoisotopic (exact) mass is 427 g/mol. The molecule has 0 spiro atoms. The molecule has 0 bridgehead atoms. The van der Waals surface area contributed by atoms with Crippen molar-refractivity contribution in [3.05, 3.63) is 100 Å². The van der Waals surface area contributed by atoms with Crippen LogP contribution in [0.4, 0.5) is 5.13 Å². The van der Waals surface area contributed by atoms with Crippen LogP contribution in [-0.2, 0) is 6.54 Å². The Hall–Kier alpha value is -3.84. The lowest BCUT2D eigenvalue weighted by Crippen LogP contribution is -2.34. The number of benzene rings is 2. The molecule has 3 heterocycles. The SMILES string of the molecule is Cc1cccc2sc(N(Cc3ccccn3)C(=O)c3cc4ccccc4oc3=O)nc12. The van der Waals surface area contributed by atoms with Crippen molar-refractivity contribution in [3.63, 3.8) is 0 Å². The van der Waals surface area contributed by atoms with E-state index in [0.717, 1.165) is 15.8 Å². The lowest BCUT2D eigenvalue weighted by molar-refractivity contribution is 0.0981. The number of pyridine rings is 1. The number of aromatic nitrogens is 2. The number of amides is 1. The van der Waals surface area contributed by atoms with E-state index >= 15 is 0 Å². The minimum absolute atomic E-state index is 0.0365. The van der Waals surface area contributed by atoms with Gasteiger partial charge in [-0.1, -0.05) is 47.7 Å². The number of thiazole rings is 1. The zero-order valence-electron chi connectivity index (χ0n) is 16.6. The van der Waals surface area contributed by atoms with E-state index in [1.807, 2.05) is 49.4 Å². The molecule has 3 aromatic heterocycles. The minimum Gasteiger partial charge on any atom is -0.422 e. The van der Waals surface area contributed by atoms with Crippen LogP contribution in [0.2, 0.25) is 0 Å². The van der Waals surface area contributed by atoms with E-state index in [9.17, 15) is 9.59 Å². The molecule has 0 N–H and O–H groups in total. The first-order valence-electron chi connectivity index (χ1n) is 9.71. The van der Waals surface area contributed by atoms with E-state index in [-0.39, 0.29) is 12.1 Å². The molecule has 0 atom stereocenters. The van der Waals surface area contributed by atoms with Gasteiger partial charge in [-0.3, -0.25) is 14.7 Å². The highest BCUT2D eigenvalue weighted by atomic mass is 32.1. The van der Waals surface area contributed by atoms with Crippen LogP contribution in [0.1, 0.15) is 21.6 Å². The van der Waals surface area contributed by atoms with E-state index < -0.39 is 11.5 Å². The van der Waals surface area contributed by atoms with E-state index in [1.54, 1.807) is 30.5 Å². The van der Waals surface area contributed by atoms with Gasteiger partial charge in [0, 0.05) is 11.6 Å². The predicted octanol–water partition coefficient (Wildman–Crippen LogP) is 4.95. The van der Waals surface area contributed by atoms with Gasteiger partial charge in [-0.2, -0.15) is 0 Å². The summed E-state index contributed by atoms with van der Waals surface area (Å²) >= 11 is 1.40. The Balaban J connectivity index is 1.64. The lowest BCUT2D eigenvalue weighted by Gasteiger charge is -2.19. The number of hydrogen-bond acceptors (Lipinski definition) is 6. The average molecular weight is 427 g/mol. The predicted molar refractivity (Wildman–Crippen MR) is 122 cm³/mol. The van der Waals surface area contributed by atoms with Crippen LogP contribution in [-0.4, -0.2) is 15.9 Å². The van der Waals surface area contributed by atoms with Gasteiger partial charge in [-0.15, -0.1) is 0 Å².